The first-order valence-corrected chi connectivity index (χ1v) is 15.7. The quantitative estimate of drug-likeness (QED) is 0.327. The summed E-state index contributed by atoms with van der Waals surface area (Å²) in [5.74, 6) is 1.95. The van der Waals surface area contributed by atoms with E-state index in [1.165, 1.54) is 6.07 Å². The van der Waals surface area contributed by atoms with Crippen LogP contribution in [-0.4, -0.2) is 68.6 Å². The lowest BCUT2D eigenvalue weighted by atomic mass is 9.89. The van der Waals surface area contributed by atoms with Gasteiger partial charge in [0.1, 0.15) is 23.8 Å². The number of likely N-dealkylation sites (tertiary alicyclic amines) is 1. The molecule has 1 aliphatic rings. The van der Waals surface area contributed by atoms with Crippen molar-refractivity contribution in [3.05, 3.63) is 52.7 Å². The maximum absolute atomic E-state index is 13.3. The van der Waals surface area contributed by atoms with Gasteiger partial charge in [0.2, 0.25) is 0 Å². The summed E-state index contributed by atoms with van der Waals surface area (Å²) in [4.78, 5) is 15.5. The first-order chi connectivity index (χ1) is 17.3. The Morgan fingerprint density at radius 1 is 1.14 bits per heavy atom. The van der Waals surface area contributed by atoms with Crippen LogP contribution in [0, 0.1) is 13.8 Å². The Kier molecular flexibility index (Phi) is 8.21. The van der Waals surface area contributed by atoms with Gasteiger partial charge in [0, 0.05) is 30.2 Å². The molecule has 37 heavy (non-hydrogen) atoms. The van der Waals surface area contributed by atoms with E-state index in [1.807, 2.05) is 17.7 Å². The van der Waals surface area contributed by atoms with Gasteiger partial charge >= 0.3 is 6.18 Å². The number of halogens is 3. The number of rotatable bonds is 8. The number of hydrogen-bond acceptors (Lipinski definition) is 5. The lowest BCUT2D eigenvalue weighted by molar-refractivity contribution is -0.141. The average molecular weight is 538 g/mol. The minimum absolute atomic E-state index is 0.0317. The van der Waals surface area contributed by atoms with Crippen molar-refractivity contribution in [2.24, 2.45) is 0 Å². The standard InChI is InChI=1S/C27H38F3N5OS/c1-18-12-22(14-25(32-18)27(28,29)30)21-8-7-9-34(16-21)19(2)23-13-24-26(31-15-23)35(20(3)33-24)17-36-10-11-37(4,5)6/h12-15,19,21H,7-11,16-17H2,1-6H3. The highest BCUT2D eigenvalue weighted by atomic mass is 32.3. The highest BCUT2D eigenvalue weighted by Crippen LogP contribution is 2.36. The van der Waals surface area contributed by atoms with Crippen LogP contribution < -0.4 is 0 Å². The summed E-state index contributed by atoms with van der Waals surface area (Å²) in [6, 6.07) is 5.17. The van der Waals surface area contributed by atoms with Gasteiger partial charge < -0.3 is 4.74 Å². The van der Waals surface area contributed by atoms with E-state index in [-0.39, 0.29) is 12.0 Å². The van der Waals surface area contributed by atoms with Gasteiger partial charge in [0.15, 0.2) is 5.65 Å². The van der Waals surface area contributed by atoms with Crippen LogP contribution in [0.15, 0.2) is 24.4 Å². The lowest BCUT2D eigenvalue weighted by Crippen LogP contribution is -2.36. The van der Waals surface area contributed by atoms with Gasteiger partial charge in [0.05, 0.1) is 6.61 Å². The molecular formula is C27H38F3N5OS. The molecule has 4 rings (SSSR count). The Morgan fingerprint density at radius 3 is 2.59 bits per heavy atom. The Labute approximate surface area is 219 Å². The fourth-order valence-corrected chi connectivity index (χ4v) is 5.52. The summed E-state index contributed by atoms with van der Waals surface area (Å²) in [7, 11) is -0.600. The fraction of sp³-hybridized carbons (Fsp3) is 0.593. The molecule has 0 bridgehead atoms. The first kappa shape index (κ1) is 27.9. The molecule has 0 saturated carbocycles. The van der Waals surface area contributed by atoms with Gasteiger partial charge in [-0.15, -0.1) is 0 Å². The summed E-state index contributed by atoms with van der Waals surface area (Å²) in [6.07, 6.45) is 6.08. The predicted octanol–water partition coefficient (Wildman–Crippen LogP) is 6.07. The molecule has 1 fully saturated rings. The third kappa shape index (κ3) is 6.83. The number of pyridine rings is 2. The van der Waals surface area contributed by atoms with Gasteiger partial charge in [-0.25, -0.2) is 25.0 Å². The molecule has 3 aromatic rings. The molecule has 2 atom stereocenters. The monoisotopic (exact) mass is 537 g/mol. The summed E-state index contributed by atoms with van der Waals surface area (Å²) >= 11 is 0. The Hall–Kier alpha value is -2.17. The molecule has 0 spiro atoms. The number of aromatic nitrogens is 4. The second-order valence-electron chi connectivity index (χ2n) is 11.0. The van der Waals surface area contributed by atoms with Crippen molar-refractivity contribution in [1.82, 2.24) is 24.4 Å². The minimum atomic E-state index is -4.44. The van der Waals surface area contributed by atoms with E-state index in [0.717, 1.165) is 47.7 Å². The molecule has 0 aliphatic carbocycles. The molecule has 1 aliphatic heterocycles. The van der Waals surface area contributed by atoms with E-state index < -0.39 is 21.9 Å². The largest absolute Gasteiger partial charge is 0.433 e. The highest BCUT2D eigenvalue weighted by molar-refractivity contribution is 8.32. The highest BCUT2D eigenvalue weighted by Gasteiger charge is 2.34. The number of fused-ring (bicyclic) bond motifs is 1. The van der Waals surface area contributed by atoms with E-state index in [0.29, 0.717) is 31.1 Å². The fourth-order valence-electron chi connectivity index (χ4n) is 4.90. The van der Waals surface area contributed by atoms with Gasteiger partial charge in [-0.05, 0) is 94.2 Å². The van der Waals surface area contributed by atoms with E-state index in [4.69, 9.17) is 14.7 Å². The van der Waals surface area contributed by atoms with E-state index in [9.17, 15) is 13.2 Å². The topological polar surface area (TPSA) is 56.1 Å². The molecule has 1 saturated heterocycles. The number of ether oxygens (including phenoxy) is 1. The van der Waals surface area contributed by atoms with Crippen molar-refractivity contribution in [3.63, 3.8) is 0 Å². The number of aryl methyl sites for hydroxylation is 2. The number of nitrogens with zero attached hydrogens (tertiary/aromatic N) is 5. The van der Waals surface area contributed by atoms with Crippen molar-refractivity contribution >= 4 is 21.2 Å². The molecule has 0 radical (unpaired) electrons. The number of hydrogen-bond donors (Lipinski definition) is 0. The zero-order chi connectivity index (χ0) is 27.0. The van der Waals surface area contributed by atoms with E-state index in [2.05, 4.69) is 41.6 Å². The van der Waals surface area contributed by atoms with Crippen molar-refractivity contribution in [2.45, 2.75) is 58.5 Å². The zero-order valence-electron chi connectivity index (χ0n) is 22.6. The van der Waals surface area contributed by atoms with Gasteiger partial charge in [-0.2, -0.15) is 13.2 Å². The molecule has 10 heteroatoms. The smallest absolute Gasteiger partial charge is 0.360 e. The summed E-state index contributed by atoms with van der Waals surface area (Å²) in [5, 5.41) is 0. The van der Waals surface area contributed by atoms with Crippen molar-refractivity contribution < 1.29 is 17.9 Å². The van der Waals surface area contributed by atoms with E-state index >= 15 is 0 Å². The van der Waals surface area contributed by atoms with Crippen molar-refractivity contribution in [3.8, 4) is 0 Å². The summed E-state index contributed by atoms with van der Waals surface area (Å²) in [6.45, 7) is 8.44. The van der Waals surface area contributed by atoms with E-state index in [1.54, 1.807) is 13.0 Å². The van der Waals surface area contributed by atoms with Crippen molar-refractivity contribution in [1.29, 1.82) is 0 Å². The number of alkyl halides is 3. The van der Waals surface area contributed by atoms with Crippen LogP contribution in [0.3, 0.4) is 0 Å². The molecule has 4 heterocycles. The van der Waals surface area contributed by atoms with Crippen LogP contribution in [0.25, 0.3) is 11.2 Å². The predicted molar refractivity (Wildman–Crippen MR) is 144 cm³/mol. The molecule has 0 N–H and O–H groups in total. The van der Waals surface area contributed by atoms with Crippen LogP contribution in [0.1, 0.15) is 60.1 Å². The maximum Gasteiger partial charge on any atom is 0.433 e. The normalized spacial score (nSPS) is 18.9. The van der Waals surface area contributed by atoms with Gasteiger partial charge in [-0.1, -0.05) is 0 Å². The lowest BCUT2D eigenvalue weighted by Gasteiger charge is -2.37. The van der Waals surface area contributed by atoms with Crippen molar-refractivity contribution in [2.75, 3.05) is 44.2 Å². The molecule has 3 aromatic heterocycles. The third-order valence-electron chi connectivity index (χ3n) is 7.08. The van der Waals surface area contributed by atoms with Gasteiger partial charge in [0.25, 0.3) is 0 Å². The Morgan fingerprint density at radius 2 is 1.89 bits per heavy atom. The van der Waals surface area contributed by atoms with Crippen LogP contribution >= 0.6 is 10.0 Å². The molecule has 0 aromatic carbocycles. The molecule has 2 unspecified atom stereocenters. The third-order valence-corrected chi connectivity index (χ3v) is 8.47. The van der Waals surface area contributed by atoms with Gasteiger partial charge in [-0.3, -0.25) is 9.47 Å². The Balaban J connectivity index is 1.48. The van der Waals surface area contributed by atoms with Crippen LogP contribution in [0.4, 0.5) is 13.2 Å². The molecule has 204 valence electrons. The average Bonchev–Trinajstić information content (AvgIpc) is 3.14. The SMILES string of the molecule is Cc1cc(C2CCCN(C(C)c3cnc4c(c3)nc(C)n4COCCS(C)(C)C)C2)cc(C(F)(F)F)n1. The van der Waals surface area contributed by atoms with Crippen LogP contribution in [0.2, 0.25) is 0 Å². The summed E-state index contributed by atoms with van der Waals surface area (Å²) in [5.41, 5.74) is 3.00. The van der Waals surface area contributed by atoms with Crippen LogP contribution in [0.5, 0.6) is 0 Å². The second-order valence-corrected chi connectivity index (χ2v) is 15.6. The molecule has 6 nitrogen and oxygen atoms in total. The number of imidazole rings is 1. The second kappa shape index (κ2) is 10.9. The number of piperidine rings is 1. The first-order valence-electron chi connectivity index (χ1n) is 12.7. The zero-order valence-corrected chi connectivity index (χ0v) is 23.4. The minimum Gasteiger partial charge on any atom is -0.360 e. The van der Waals surface area contributed by atoms with Crippen LogP contribution in [-0.2, 0) is 17.6 Å². The maximum atomic E-state index is 13.3. The summed E-state index contributed by atoms with van der Waals surface area (Å²) < 4.78 is 47.9. The molecular weight excluding hydrogens is 499 g/mol. The molecule has 0 amide bonds. The Bertz CT molecular complexity index is 1240.